The third-order valence-electron chi connectivity index (χ3n) is 6.02. The topological polar surface area (TPSA) is 29.1 Å². The Bertz CT molecular complexity index is 628. The Balaban J connectivity index is 1.50. The monoisotopic (exact) mass is 381 g/mol. The van der Waals surface area contributed by atoms with Gasteiger partial charge in [-0.3, -0.25) is 4.79 Å². The second-order valence-corrected chi connectivity index (χ2v) is 10.7. The van der Waals surface area contributed by atoms with E-state index in [0.717, 1.165) is 24.1 Å². The molecule has 1 aliphatic heterocycles. The second-order valence-electron chi connectivity index (χ2n) is 7.31. The van der Waals surface area contributed by atoms with Crippen molar-refractivity contribution in [3.8, 4) is 0 Å². The smallest absolute Gasteiger partial charge is 0.227 e. The van der Waals surface area contributed by atoms with Crippen LogP contribution in [0.3, 0.4) is 0 Å². The van der Waals surface area contributed by atoms with E-state index in [1.54, 1.807) is 0 Å². The molecule has 3 aliphatic rings. The summed E-state index contributed by atoms with van der Waals surface area (Å²) in [7, 11) is 0. The highest BCUT2D eigenvalue weighted by molar-refractivity contribution is 8.21. The Kier molecular flexibility index (Phi) is 4.83. The Hall–Kier alpha value is -0.320. The van der Waals surface area contributed by atoms with E-state index >= 15 is 0 Å². The molecule has 2 aliphatic carbocycles. The molecule has 2 nitrogen and oxygen atoms in total. The van der Waals surface area contributed by atoms with Gasteiger partial charge in [0.15, 0.2) is 0 Å². The van der Waals surface area contributed by atoms with Crippen LogP contribution < -0.4 is 5.32 Å². The first kappa shape index (κ1) is 17.1. The average molecular weight is 382 g/mol. The molecule has 3 fully saturated rings. The first-order valence-corrected chi connectivity index (χ1v) is 11.3. The summed E-state index contributed by atoms with van der Waals surface area (Å²) in [6.45, 7) is 1.97. The summed E-state index contributed by atoms with van der Waals surface area (Å²) < 4.78 is 0.432. The highest BCUT2D eigenvalue weighted by atomic mass is 35.5. The minimum atomic E-state index is 0.158. The molecule has 0 radical (unpaired) electrons. The molecule has 2 bridgehead atoms. The lowest BCUT2D eigenvalue weighted by atomic mass is 9.67. The molecule has 5 heteroatoms. The molecule has 2 saturated carbocycles. The van der Waals surface area contributed by atoms with E-state index in [9.17, 15) is 4.79 Å². The van der Waals surface area contributed by atoms with Crippen molar-refractivity contribution in [2.45, 2.75) is 43.1 Å². The molecule has 1 saturated heterocycles. The van der Waals surface area contributed by atoms with E-state index in [1.807, 2.05) is 25.1 Å². The maximum Gasteiger partial charge on any atom is 0.227 e. The zero-order chi connectivity index (χ0) is 16.7. The number of thioether (sulfide) groups is 2. The van der Waals surface area contributed by atoms with Crippen LogP contribution in [0.25, 0.3) is 0 Å². The quantitative estimate of drug-likeness (QED) is 0.723. The third-order valence-corrected chi connectivity index (χ3v) is 10.4. The maximum absolute atomic E-state index is 12.9. The average Bonchev–Trinajstić information content (AvgIpc) is 3.01. The highest BCUT2D eigenvalue weighted by Gasteiger charge is 2.55. The molecule has 1 spiro atoms. The van der Waals surface area contributed by atoms with Crippen LogP contribution in [0, 0.1) is 24.7 Å². The first-order valence-electron chi connectivity index (χ1n) is 8.94. The predicted molar refractivity (Wildman–Crippen MR) is 106 cm³/mol. The third kappa shape index (κ3) is 2.89. The van der Waals surface area contributed by atoms with Crippen molar-refractivity contribution in [2.75, 3.05) is 16.8 Å². The zero-order valence-corrected chi connectivity index (χ0v) is 16.4. The summed E-state index contributed by atoms with van der Waals surface area (Å²) in [5.41, 5.74) is 1.82. The molecule has 24 heavy (non-hydrogen) atoms. The second kappa shape index (κ2) is 6.77. The highest BCUT2D eigenvalue weighted by Crippen LogP contribution is 2.64. The van der Waals surface area contributed by atoms with Crippen LogP contribution in [0.4, 0.5) is 5.69 Å². The van der Waals surface area contributed by atoms with E-state index in [2.05, 4.69) is 28.8 Å². The fourth-order valence-corrected chi connectivity index (χ4v) is 8.91. The van der Waals surface area contributed by atoms with Gasteiger partial charge in [0.25, 0.3) is 0 Å². The van der Waals surface area contributed by atoms with E-state index in [0.29, 0.717) is 20.9 Å². The lowest BCUT2D eigenvalue weighted by molar-refractivity contribution is -0.122. The van der Waals surface area contributed by atoms with Gasteiger partial charge in [-0.25, -0.2) is 0 Å². The normalized spacial score (nSPS) is 31.2. The number of carbonyl (C=O) groups is 1. The number of benzene rings is 1. The number of hydrogen-bond donors (Lipinski definition) is 1. The number of amides is 1. The van der Waals surface area contributed by atoms with Gasteiger partial charge in [0, 0.05) is 28.1 Å². The fraction of sp³-hybridized carbons (Fsp3) is 0.632. The van der Waals surface area contributed by atoms with Crippen molar-refractivity contribution < 1.29 is 4.79 Å². The SMILES string of the molecule is Cc1c(Cl)cccc1NC(=O)C1CC2CCCC(C1)C21SCCS1. The summed E-state index contributed by atoms with van der Waals surface area (Å²) in [6, 6.07) is 5.73. The van der Waals surface area contributed by atoms with Crippen molar-refractivity contribution in [3.05, 3.63) is 28.8 Å². The summed E-state index contributed by atoms with van der Waals surface area (Å²) in [5.74, 6) is 4.34. The van der Waals surface area contributed by atoms with Crippen LogP contribution in [-0.4, -0.2) is 21.5 Å². The van der Waals surface area contributed by atoms with Gasteiger partial charge in [0.1, 0.15) is 0 Å². The Morgan fingerprint density at radius 3 is 2.54 bits per heavy atom. The molecule has 1 aromatic rings. The molecule has 2 unspecified atom stereocenters. The molecule has 1 amide bonds. The van der Waals surface area contributed by atoms with E-state index in [1.165, 1.54) is 30.8 Å². The minimum absolute atomic E-state index is 0.158. The molecule has 1 heterocycles. The summed E-state index contributed by atoms with van der Waals surface area (Å²) in [6.07, 6.45) is 6.07. The number of halogens is 1. The summed E-state index contributed by atoms with van der Waals surface area (Å²) in [5, 5.41) is 3.87. The Morgan fingerprint density at radius 1 is 1.21 bits per heavy atom. The number of carbonyl (C=O) groups excluding carboxylic acids is 1. The standard InChI is InChI=1S/C19H24ClNOS2/c1-12-16(20)6-3-7-17(12)21-18(22)13-10-14-4-2-5-15(11-13)19(14)23-8-9-24-19/h3,6-7,13-15H,2,4-5,8-11H2,1H3,(H,21,22). The van der Waals surface area contributed by atoms with Gasteiger partial charge in [-0.05, 0) is 62.1 Å². The van der Waals surface area contributed by atoms with Crippen molar-refractivity contribution in [3.63, 3.8) is 0 Å². The number of hydrogen-bond acceptors (Lipinski definition) is 3. The van der Waals surface area contributed by atoms with Crippen LogP contribution in [-0.2, 0) is 4.79 Å². The predicted octanol–water partition coefficient (Wildman–Crippen LogP) is 5.59. The van der Waals surface area contributed by atoms with Gasteiger partial charge < -0.3 is 5.32 Å². The number of anilines is 1. The van der Waals surface area contributed by atoms with Gasteiger partial charge in [-0.1, -0.05) is 24.1 Å². The van der Waals surface area contributed by atoms with E-state index in [4.69, 9.17) is 11.6 Å². The fourth-order valence-electron chi connectivity index (χ4n) is 4.80. The molecule has 0 aromatic heterocycles. The van der Waals surface area contributed by atoms with Crippen molar-refractivity contribution >= 4 is 46.7 Å². The summed E-state index contributed by atoms with van der Waals surface area (Å²) in [4.78, 5) is 12.9. The Labute approximate surface area is 157 Å². The van der Waals surface area contributed by atoms with Crippen LogP contribution in [0.2, 0.25) is 5.02 Å². The van der Waals surface area contributed by atoms with Crippen molar-refractivity contribution in [1.82, 2.24) is 0 Å². The van der Waals surface area contributed by atoms with Crippen LogP contribution in [0.1, 0.15) is 37.7 Å². The maximum atomic E-state index is 12.9. The summed E-state index contributed by atoms with van der Waals surface area (Å²) >= 11 is 10.6. The van der Waals surface area contributed by atoms with Gasteiger partial charge in [0.05, 0.1) is 4.08 Å². The first-order chi connectivity index (χ1) is 11.6. The molecule has 1 N–H and O–H groups in total. The zero-order valence-electron chi connectivity index (χ0n) is 14.0. The van der Waals surface area contributed by atoms with E-state index < -0.39 is 0 Å². The number of nitrogens with one attached hydrogen (secondary N) is 1. The molecular weight excluding hydrogens is 358 g/mol. The minimum Gasteiger partial charge on any atom is -0.326 e. The molecule has 130 valence electrons. The molecular formula is C19H24ClNOS2. The van der Waals surface area contributed by atoms with Crippen LogP contribution in [0.15, 0.2) is 18.2 Å². The lowest BCUT2D eigenvalue weighted by Gasteiger charge is -2.52. The molecule has 4 rings (SSSR count). The van der Waals surface area contributed by atoms with Gasteiger partial charge in [-0.15, -0.1) is 23.5 Å². The van der Waals surface area contributed by atoms with Gasteiger partial charge in [0.2, 0.25) is 5.91 Å². The largest absolute Gasteiger partial charge is 0.326 e. The van der Waals surface area contributed by atoms with Gasteiger partial charge >= 0.3 is 0 Å². The number of rotatable bonds is 2. The van der Waals surface area contributed by atoms with E-state index in [-0.39, 0.29) is 11.8 Å². The van der Waals surface area contributed by atoms with Gasteiger partial charge in [-0.2, -0.15) is 0 Å². The molecule has 1 aromatic carbocycles. The van der Waals surface area contributed by atoms with Crippen LogP contribution in [0.5, 0.6) is 0 Å². The lowest BCUT2D eigenvalue weighted by Crippen LogP contribution is -2.48. The molecule has 2 atom stereocenters. The van der Waals surface area contributed by atoms with Crippen LogP contribution >= 0.6 is 35.1 Å². The Morgan fingerprint density at radius 2 is 1.88 bits per heavy atom. The van der Waals surface area contributed by atoms with Crippen molar-refractivity contribution in [1.29, 1.82) is 0 Å². The van der Waals surface area contributed by atoms with Crippen molar-refractivity contribution in [2.24, 2.45) is 17.8 Å².